The number of hydrogen-bond donors (Lipinski definition) is 1. The molecule has 0 aliphatic heterocycles. The predicted octanol–water partition coefficient (Wildman–Crippen LogP) is 3.76. The Hall–Kier alpha value is -1.86. The molecule has 1 N–H and O–H groups in total. The number of anilines is 1. The van der Waals surface area contributed by atoms with Gasteiger partial charge in [0.05, 0.1) is 0 Å². The van der Waals surface area contributed by atoms with Gasteiger partial charge in [0.1, 0.15) is 17.6 Å². The number of halogens is 1. The summed E-state index contributed by atoms with van der Waals surface area (Å²) in [6.07, 6.45) is 0.889. The lowest BCUT2D eigenvalue weighted by Crippen LogP contribution is -2.19. The second-order valence-corrected chi connectivity index (χ2v) is 5.22. The fourth-order valence-corrected chi connectivity index (χ4v) is 2.32. The molecule has 3 nitrogen and oxygen atoms in total. The minimum Gasteiger partial charge on any atom is -0.367 e. The Morgan fingerprint density at radius 2 is 2.05 bits per heavy atom. The highest BCUT2D eigenvalue weighted by Gasteiger charge is 2.07. The summed E-state index contributed by atoms with van der Waals surface area (Å²) in [7, 11) is 0. The van der Waals surface area contributed by atoms with Gasteiger partial charge in [0.25, 0.3) is 0 Å². The largest absolute Gasteiger partial charge is 0.367 e. The molecule has 0 bridgehead atoms. The zero-order valence-electron chi connectivity index (χ0n) is 10.6. The maximum Gasteiger partial charge on any atom is 0.142 e. The van der Waals surface area contributed by atoms with Crippen molar-refractivity contribution < 1.29 is 0 Å². The fourth-order valence-electron chi connectivity index (χ4n) is 1.87. The Kier molecular flexibility index (Phi) is 4.53. The number of aromatic nitrogens is 1. The van der Waals surface area contributed by atoms with Crippen LogP contribution in [0.4, 0.5) is 5.82 Å². The first kappa shape index (κ1) is 13.6. The van der Waals surface area contributed by atoms with Crippen molar-refractivity contribution in [1.82, 2.24) is 4.98 Å². The Morgan fingerprint density at radius 1 is 1.26 bits per heavy atom. The lowest BCUT2D eigenvalue weighted by Gasteiger charge is -2.15. The Morgan fingerprint density at radius 3 is 2.79 bits per heavy atom. The van der Waals surface area contributed by atoms with Crippen molar-refractivity contribution in [2.45, 2.75) is 19.4 Å². The summed E-state index contributed by atoms with van der Waals surface area (Å²) in [6, 6.07) is 15.8. The van der Waals surface area contributed by atoms with Crippen LogP contribution in [0.1, 0.15) is 18.2 Å². The van der Waals surface area contributed by atoms with Gasteiger partial charge >= 0.3 is 0 Å². The maximum atomic E-state index is 8.82. The molecule has 1 aromatic heterocycles. The lowest BCUT2D eigenvalue weighted by atomic mass is 10.1. The molecular weight excluding hydrogens is 302 g/mol. The van der Waals surface area contributed by atoms with E-state index in [2.05, 4.69) is 39.2 Å². The molecule has 0 amide bonds. The summed E-state index contributed by atoms with van der Waals surface area (Å²) < 4.78 is 1.11. The third kappa shape index (κ3) is 3.80. The molecule has 4 heteroatoms. The van der Waals surface area contributed by atoms with Crippen molar-refractivity contribution in [1.29, 1.82) is 5.26 Å². The molecule has 0 spiro atoms. The molecule has 0 radical (unpaired) electrons. The van der Waals surface area contributed by atoms with E-state index < -0.39 is 0 Å². The molecule has 1 heterocycles. The summed E-state index contributed by atoms with van der Waals surface area (Å²) in [5.41, 5.74) is 1.68. The minimum atomic E-state index is 0.236. The van der Waals surface area contributed by atoms with Gasteiger partial charge in [-0.3, -0.25) is 0 Å². The first-order valence-corrected chi connectivity index (χ1v) is 6.85. The number of hydrogen-bond acceptors (Lipinski definition) is 3. The number of nitrogens with zero attached hydrogens (tertiary/aromatic N) is 2. The third-order valence-corrected chi connectivity index (χ3v) is 3.52. The van der Waals surface area contributed by atoms with E-state index in [1.54, 1.807) is 6.07 Å². The van der Waals surface area contributed by atoms with Crippen molar-refractivity contribution >= 4 is 21.7 Å². The summed E-state index contributed by atoms with van der Waals surface area (Å²) in [5, 5.41) is 12.1. The summed E-state index contributed by atoms with van der Waals surface area (Å²) in [5.74, 6) is 0.735. The maximum absolute atomic E-state index is 8.82. The van der Waals surface area contributed by atoms with E-state index in [9.17, 15) is 0 Å². The Bertz CT molecular complexity index is 604. The number of benzene rings is 1. The van der Waals surface area contributed by atoms with Gasteiger partial charge in [-0.1, -0.05) is 40.2 Å². The van der Waals surface area contributed by atoms with Crippen molar-refractivity contribution in [3.05, 3.63) is 58.2 Å². The van der Waals surface area contributed by atoms with E-state index in [-0.39, 0.29) is 6.04 Å². The number of rotatable bonds is 4. The first-order valence-electron chi connectivity index (χ1n) is 6.06. The van der Waals surface area contributed by atoms with Gasteiger partial charge < -0.3 is 5.32 Å². The van der Waals surface area contributed by atoms with Crippen LogP contribution in [-0.2, 0) is 6.42 Å². The number of pyridine rings is 1. The molecule has 1 aromatic carbocycles. The SMILES string of the molecule is CC(Cc1ccccc1Br)Nc1cccc(C#N)n1. The molecule has 2 rings (SSSR count). The van der Waals surface area contributed by atoms with Gasteiger partial charge in [-0.15, -0.1) is 0 Å². The van der Waals surface area contributed by atoms with Gasteiger partial charge in [0.2, 0.25) is 0 Å². The van der Waals surface area contributed by atoms with Gasteiger partial charge in [0.15, 0.2) is 0 Å². The lowest BCUT2D eigenvalue weighted by molar-refractivity contribution is 0.782. The van der Waals surface area contributed by atoms with E-state index in [0.29, 0.717) is 5.69 Å². The smallest absolute Gasteiger partial charge is 0.142 e. The average molecular weight is 316 g/mol. The number of nitriles is 1. The standard InChI is InChI=1S/C15H14BrN3/c1-11(9-12-5-2-3-7-14(12)16)18-15-8-4-6-13(10-17)19-15/h2-8,11H,9H2,1H3,(H,18,19). The van der Waals surface area contributed by atoms with Gasteiger partial charge in [-0.25, -0.2) is 4.98 Å². The van der Waals surface area contributed by atoms with Crippen molar-refractivity contribution in [3.8, 4) is 6.07 Å². The predicted molar refractivity (Wildman–Crippen MR) is 79.9 cm³/mol. The molecule has 0 aliphatic rings. The fraction of sp³-hybridized carbons (Fsp3) is 0.200. The van der Waals surface area contributed by atoms with Gasteiger partial charge in [-0.05, 0) is 37.1 Å². The van der Waals surface area contributed by atoms with Crippen LogP contribution in [0.15, 0.2) is 46.9 Å². The Balaban J connectivity index is 2.03. The topological polar surface area (TPSA) is 48.7 Å². The normalized spacial score (nSPS) is 11.6. The first-order chi connectivity index (χ1) is 9.19. The highest BCUT2D eigenvalue weighted by Crippen LogP contribution is 2.18. The average Bonchev–Trinajstić information content (AvgIpc) is 2.41. The van der Waals surface area contributed by atoms with Crippen LogP contribution in [0, 0.1) is 11.3 Å². The van der Waals surface area contributed by atoms with Crippen LogP contribution < -0.4 is 5.32 Å². The molecule has 1 unspecified atom stereocenters. The van der Waals surface area contributed by atoms with Crippen molar-refractivity contribution in [2.24, 2.45) is 0 Å². The molecule has 0 aliphatic carbocycles. The van der Waals surface area contributed by atoms with Crippen LogP contribution in [0.5, 0.6) is 0 Å². The van der Waals surface area contributed by atoms with Crippen LogP contribution >= 0.6 is 15.9 Å². The molecular formula is C15H14BrN3. The number of nitrogens with one attached hydrogen (secondary N) is 1. The van der Waals surface area contributed by atoms with E-state index >= 15 is 0 Å². The zero-order chi connectivity index (χ0) is 13.7. The van der Waals surface area contributed by atoms with Crippen LogP contribution in [0.3, 0.4) is 0 Å². The highest BCUT2D eigenvalue weighted by molar-refractivity contribution is 9.10. The third-order valence-electron chi connectivity index (χ3n) is 2.74. The van der Waals surface area contributed by atoms with Crippen LogP contribution in [-0.4, -0.2) is 11.0 Å². The van der Waals surface area contributed by atoms with Crippen molar-refractivity contribution in [3.63, 3.8) is 0 Å². The molecule has 0 saturated carbocycles. The highest BCUT2D eigenvalue weighted by atomic mass is 79.9. The van der Waals surface area contributed by atoms with Crippen molar-refractivity contribution in [2.75, 3.05) is 5.32 Å². The monoisotopic (exact) mass is 315 g/mol. The van der Waals surface area contributed by atoms with E-state index in [1.807, 2.05) is 36.4 Å². The molecule has 1 atom stereocenters. The molecule has 96 valence electrons. The Labute approximate surface area is 121 Å². The summed E-state index contributed by atoms with van der Waals surface area (Å²) in [4.78, 5) is 4.21. The van der Waals surface area contributed by atoms with Crippen LogP contribution in [0.2, 0.25) is 0 Å². The summed E-state index contributed by atoms with van der Waals surface area (Å²) in [6.45, 7) is 2.10. The summed E-state index contributed by atoms with van der Waals surface area (Å²) >= 11 is 3.55. The van der Waals surface area contributed by atoms with Crippen LogP contribution in [0.25, 0.3) is 0 Å². The molecule has 19 heavy (non-hydrogen) atoms. The van der Waals surface area contributed by atoms with E-state index in [0.717, 1.165) is 16.7 Å². The van der Waals surface area contributed by atoms with Gasteiger partial charge in [-0.2, -0.15) is 5.26 Å². The van der Waals surface area contributed by atoms with E-state index in [1.165, 1.54) is 5.56 Å². The minimum absolute atomic E-state index is 0.236. The molecule has 2 aromatic rings. The molecule has 0 saturated heterocycles. The zero-order valence-corrected chi connectivity index (χ0v) is 12.2. The van der Waals surface area contributed by atoms with Gasteiger partial charge in [0, 0.05) is 10.5 Å². The second kappa shape index (κ2) is 6.35. The second-order valence-electron chi connectivity index (χ2n) is 4.36. The van der Waals surface area contributed by atoms with E-state index in [4.69, 9.17) is 5.26 Å². The molecule has 0 fully saturated rings. The quantitative estimate of drug-likeness (QED) is 0.934.